The summed E-state index contributed by atoms with van der Waals surface area (Å²) < 4.78 is 2.04. The van der Waals surface area contributed by atoms with Crippen molar-refractivity contribution in [2.24, 2.45) is 0 Å². The molecule has 0 aliphatic heterocycles. The SMILES string of the molecule is CCCCN(CCCC)c1cc(C)nc2c(-c3cnc(N(C)C)cc3C)c(C)nn12. The number of hydrogen-bond acceptors (Lipinski definition) is 5. The number of fused-ring (bicyclic) bond motifs is 1. The van der Waals surface area contributed by atoms with Crippen molar-refractivity contribution in [2.75, 3.05) is 37.0 Å². The first-order chi connectivity index (χ1) is 14.4. The molecule has 3 aromatic heterocycles. The number of unbranched alkanes of at least 4 members (excludes halogenated alkanes) is 2. The minimum Gasteiger partial charge on any atom is -0.363 e. The standard InChI is InChI=1S/C24H36N6/c1-8-10-12-29(13-11-9-2)22-15-18(4)26-24-23(19(5)27-30(22)24)20-16-25-21(28(6)7)14-17(20)3/h14-16H,8-13H2,1-7H3. The molecule has 0 amide bonds. The summed E-state index contributed by atoms with van der Waals surface area (Å²) in [6, 6.07) is 4.30. The van der Waals surface area contributed by atoms with Gasteiger partial charge in [-0.1, -0.05) is 26.7 Å². The van der Waals surface area contributed by atoms with Crippen LogP contribution in [0.15, 0.2) is 18.3 Å². The van der Waals surface area contributed by atoms with E-state index in [1.54, 1.807) is 0 Å². The van der Waals surface area contributed by atoms with Crippen LogP contribution in [0.3, 0.4) is 0 Å². The molecule has 0 unspecified atom stereocenters. The molecular formula is C24H36N6. The van der Waals surface area contributed by atoms with Crippen LogP contribution >= 0.6 is 0 Å². The zero-order valence-electron chi connectivity index (χ0n) is 19.7. The fourth-order valence-electron chi connectivity index (χ4n) is 3.85. The molecule has 0 radical (unpaired) electrons. The number of rotatable bonds is 9. The molecule has 0 N–H and O–H groups in total. The first kappa shape index (κ1) is 22.1. The van der Waals surface area contributed by atoms with Gasteiger partial charge in [-0.05, 0) is 45.2 Å². The average Bonchev–Trinajstić information content (AvgIpc) is 3.03. The quantitative estimate of drug-likeness (QED) is 0.488. The molecule has 3 aromatic rings. The largest absolute Gasteiger partial charge is 0.363 e. The van der Waals surface area contributed by atoms with Gasteiger partial charge in [-0.15, -0.1) is 0 Å². The van der Waals surface area contributed by atoms with E-state index in [-0.39, 0.29) is 0 Å². The van der Waals surface area contributed by atoms with Gasteiger partial charge < -0.3 is 9.80 Å². The van der Waals surface area contributed by atoms with Crippen LogP contribution in [-0.2, 0) is 0 Å². The Bertz CT molecular complexity index is 997. The molecule has 3 heterocycles. The van der Waals surface area contributed by atoms with Crippen molar-refractivity contribution in [1.82, 2.24) is 19.6 Å². The van der Waals surface area contributed by atoms with E-state index < -0.39 is 0 Å². The van der Waals surface area contributed by atoms with Gasteiger partial charge in [0.15, 0.2) is 5.65 Å². The fourth-order valence-corrected chi connectivity index (χ4v) is 3.85. The third kappa shape index (κ3) is 4.42. The highest BCUT2D eigenvalue weighted by atomic mass is 15.3. The maximum absolute atomic E-state index is 4.94. The number of hydrogen-bond donors (Lipinski definition) is 0. The Balaban J connectivity index is 2.16. The van der Waals surface area contributed by atoms with Crippen molar-refractivity contribution >= 4 is 17.3 Å². The summed E-state index contributed by atoms with van der Waals surface area (Å²) in [6.07, 6.45) is 6.68. The van der Waals surface area contributed by atoms with E-state index in [9.17, 15) is 0 Å². The van der Waals surface area contributed by atoms with E-state index in [4.69, 9.17) is 10.1 Å². The predicted octanol–water partition coefficient (Wildman–Crippen LogP) is 5.19. The maximum atomic E-state index is 4.94. The Labute approximate surface area is 180 Å². The van der Waals surface area contributed by atoms with Crippen LogP contribution in [0, 0.1) is 20.8 Å². The number of aryl methyl sites for hydroxylation is 3. The Kier molecular flexibility index (Phi) is 6.95. The second-order valence-corrected chi connectivity index (χ2v) is 8.40. The molecular weight excluding hydrogens is 372 g/mol. The zero-order valence-corrected chi connectivity index (χ0v) is 19.7. The van der Waals surface area contributed by atoms with Crippen molar-refractivity contribution in [1.29, 1.82) is 0 Å². The Morgan fingerprint density at radius 1 is 0.967 bits per heavy atom. The molecule has 0 atom stereocenters. The van der Waals surface area contributed by atoms with Gasteiger partial charge in [-0.3, -0.25) is 0 Å². The smallest absolute Gasteiger partial charge is 0.165 e. The van der Waals surface area contributed by atoms with E-state index in [1.165, 1.54) is 31.2 Å². The molecule has 0 saturated carbocycles. The van der Waals surface area contributed by atoms with Crippen LogP contribution in [0.4, 0.5) is 11.6 Å². The van der Waals surface area contributed by atoms with Crippen LogP contribution in [0.2, 0.25) is 0 Å². The van der Waals surface area contributed by atoms with Crippen LogP contribution in [0.1, 0.15) is 56.5 Å². The summed E-state index contributed by atoms with van der Waals surface area (Å²) in [5.41, 5.74) is 6.30. The van der Waals surface area contributed by atoms with Gasteiger partial charge in [0, 0.05) is 50.7 Å². The van der Waals surface area contributed by atoms with E-state index in [1.807, 2.05) is 29.7 Å². The third-order valence-corrected chi connectivity index (χ3v) is 5.58. The van der Waals surface area contributed by atoms with Crippen molar-refractivity contribution in [3.05, 3.63) is 35.3 Å². The van der Waals surface area contributed by atoms with Crippen molar-refractivity contribution < 1.29 is 0 Å². The van der Waals surface area contributed by atoms with Crippen LogP contribution < -0.4 is 9.80 Å². The summed E-state index contributed by atoms with van der Waals surface area (Å²) in [5, 5.41) is 4.94. The number of nitrogens with zero attached hydrogens (tertiary/aromatic N) is 6. The van der Waals surface area contributed by atoms with E-state index in [2.05, 4.69) is 56.6 Å². The molecule has 0 saturated heterocycles. The van der Waals surface area contributed by atoms with Gasteiger partial charge in [0.05, 0.1) is 11.3 Å². The summed E-state index contributed by atoms with van der Waals surface area (Å²) in [5.74, 6) is 2.10. The first-order valence-electron chi connectivity index (χ1n) is 11.1. The summed E-state index contributed by atoms with van der Waals surface area (Å²) in [7, 11) is 4.03. The highest BCUT2D eigenvalue weighted by Crippen LogP contribution is 2.33. The van der Waals surface area contributed by atoms with Gasteiger partial charge in [-0.2, -0.15) is 9.61 Å². The van der Waals surface area contributed by atoms with E-state index >= 15 is 0 Å². The first-order valence-corrected chi connectivity index (χ1v) is 11.1. The average molecular weight is 409 g/mol. The lowest BCUT2D eigenvalue weighted by molar-refractivity contribution is 0.660. The molecule has 162 valence electrons. The van der Waals surface area contributed by atoms with Gasteiger partial charge in [0.1, 0.15) is 11.6 Å². The lowest BCUT2D eigenvalue weighted by Crippen LogP contribution is -2.28. The molecule has 0 aromatic carbocycles. The van der Waals surface area contributed by atoms with Gasteiger partial charge in [0.25, 0.3) is 0 Å². The highest BCUT2D eigenvalue weighted by molar-refractivity contribution is 5.83. The fraction of sp³-hybridized carbons (Fsp3) is 0.542. The minimum absolute atomic E-state index is 0.919. The molecule has 0 aliphatic rings. The van der Waals surface area contributed by atoms with Gasteiger partial charge in [0.2, 0.25) is 0 Å². The second kappa shape index (κ2) is 9.45. The molecule has 0 aliphatic carbocycles. The Morgan fingerprint density at radius 2 is 1.63 bits per heavy atom. The second-order valence-electron chi connectivity index (χ2n) is 8.40. The zero-order chi connectivity index (χ0) is 21.8. The predicted molar refractivity (Wildman–Crippen MR) is 127 cm³/mol. The molecule has 3 rings (SSSR count). The number of aromatic nitrogens is 4. The maximum Gasteiger partial charge on any atom is 0.165 e. The lowest BCUT2D eigenvalue weighted by Gasteiger charge is -2.25. The van der Waals surface area contributed by atoms with Gasteiger partial charge in [-0.25, -0.2) is 9.97 Å². The van der Waals surface area contributed by atoms with E-state index in [0.717, 1.165) is 52.9 Å². The van der Waals surface area contributed by atoms with Crippen LogP contribution in [0.5, 0.6) is 0 Å². The van der Waals surface area contributed by atoms with Crippen molar-refractivity contribution in [3.63, 3.8) is 0 Å². The minimum atomic E-state index is 0.919. The Hall–Kier alpha value is -2.63. The van der Waals surface area contributed by atoms with Crippen molar-refractivity contribution in [3.8, 4) is 11.1 Å². The molecule has 6 nitrogen and oxygen atoms in total. The van der Waals surface area contributed by atoms with E-state index in [0.29, 0.717) is 0 Å². The van der Waals surface area contributed by atoms with Crippen LogP contribution in [0.25, 0.3) is 16.8 Å². The summed E-state index contributed by atoms with van der Waals surface area (Å²) in [6.45, 7) is 12.9. The molecule has 0 bridgehead atoms. The summed E-state index contributed by atoms with van der Waals surface area (Å²) in [4.78, 5) is 14.1. The lowest BCUT2D eigenvalue weighted by atomic mass is 10.0. The summed E-state index contributed by atoms with van der Waals surface area (Å²) >= 11 is 0. The molecule has 30 heavy (non-hydrogen) atoms. The molecule has 0 fully saturated rings. The normalized spacial score (nSPS) is 11.3. The topological polar surface area (TPSA) is 49.6 Å². The molecule has 6 heteroatoms. The number of anilines is 2. The highest BCUT2D eigenvalue weighted by Gasteiger charge is 2.20. The van der Waals surface area contributed by atoms with Crippen LogP contribution in [-0.4, -0.2) is 46.8 Å². The van der Waals surface area contributed by atoms with Crippen molar-refractivity contribution in [2.45, 2.75) is 60.3 Å². The molecule has 0 spiro atoms. The Morgan fingerprint density at radius 3 is 2.20 bits per heavy atom. The van der Waals surface area contributed by atoms with Gasteiger partial charge >= 0.3 is 0 Å². The third-order valence-electron chi connectivity index (χ3n) is 5.58. The number of pyridine rings is 1. The monoisotopic (exact) mass is 408 g/mol.